The van der Waals surface area contributed by atoms with Crippen molar-refractivity contribution in [1.29, 1.82) is 5.26 Å². The minimum absolute atomic E-state index is 0.0460. The third kappa shape index (κ3) is 1.60. The Morgan fingerprint density at radius 1 is 1.45 bits per heavy atom. The number of fused-ring (bicyclic) bond motifs is 4. The van der Waals surface area contributed by atoms with Crippen LogP contribution in [0.5, 0.6) is 0 Å². The summed E-state index contributed by atoms with van der Waals surface area (Å²) in [5.41, 5.74) is 6.63. The maximum Gasteiger partial charge on any atom is 0.471 e. The van der Waals surface area contributed by atoms with Crippen molar-refractivity contribution < 1.29 is 18.0 Å². The average Bonchev–Trinajstić information content (AvgIpc) is 3.07. The second-order valence-corrected chi connectivity index (χ2v) is 7.51. The number of amides is 1. The standard InChI is InChI=1S/C14H12F3N3OS/c15-14(16,17)12(21)20-4-13(5-20)8-1-6(8)2-9-10(13)7(3-18)11(19)22-9/h6,8H,1-2,4-5,19H2. The molecular formula is C14H12F3N3OS. The normalized spacial score (nSPS) is 27.6. The molecule has 1 aromatic heterocycles. The number of rotatable bonds is 0. The number of hydrogen-bond acceptors (Lipinski definition) is 4. The van der Waals surface area contributed by atoms with Gasteiger partial charge in [-0.2, -0.15) is 18.4 Å². The maximum atomic E-state index is 12.6. The molecular weight excluding hydrogens is 315 g/mol. The molecule has 1 saturated carbocycles. The summed E-state index contributed by atoms with van der Waals surface area (Å²) >= 11 is 1.37. The van der Waals surface area contributed by atoms with Crippen LogP contribution in [0.15, 0.2) is 0 Å². The van der Waals surface area contributed by atoms with E-state index in [1.165, 1.54) is 11.3 Å². The molecule has 2 atom stereocenters. The van der Waals surface area contributed by atoms with Crippen molar-refractivity contribution in [2.45, 2.75) is 24.4 Å². The van der Waals surface area contributed by atoms with E-state index in [0.29, 0.717) is 16.5 Å². The Balaban J connectivity index is 1.71. The highest BCUT2D eigenvalue weighted by Crippen LogP contribution is 2.64. The fourth-order valence-corrected chi connectivity index (χ4v) is 5.42. The topological polar surface area (TPSA) is 70.1 Å². The molecule has 2 unspecified atom stereocenters. The summed E-state index contributed by atoms with van der Waals surface area (Å²) in [5.74, 6) is -1.05. The van der Waals surface area contributed by atoms with Crippen LogP contribution in [-0.2, 0) is 16.6 Å². The highest BCUT2D eigenvalue weighted by Gasteiger charge is 2.65. The number of alkyl halides is 3. The van der Waals surface area contributed by atoms with Crippen LogP contribution in [0.3, 0.4) is 0 Å². The number of carbonyl (C=O) groups is 1. The van der Waals surface area contributed by atoms with Crippen molar-refractivity contribution in [3.05, 3.63) is 16.0 Å². The predicted octanol–water partition coefficient (Wildman–Crippen LogP) is 2.04. The number of nitrogen functional groups attached to an aromatic ring is 1. The zero-order valence-electron chi connectivity index (χ0n) is 11.4. The number of thiophene rings is 1. The number of likely N-dealkylation sites (tertiary alicyclic amines) is 1. The largest absolute Gasteiger partial charge is 0.471 e. The molecule has 3 aliphatic rings. The van der Waals surface area contributed by atoms with Gasteiger partial charge in [-0.05, 0) is 30.2 Å². The van der Waals surface area contributed by atoms with Gasteiger partial charge in [-0.1, -0.05) is 0 Å². The van der Waals surface area contributed by atoms with E-state index in [9.17, 15) is 23.2 Å². The summed E-state index contributed by atoms with van der Waals surface area (Å²) in [7, 11) is 0. The fraction of sp³-hybridized carbons (Fsp3) is 0.571. The zero-order valence-corrected chi connectivity index (χ0v) is 12.2. The van der Waals surface area contributed by atoms with E-state index in [1.54, 1.807) is 0 Å². The molecule has 2 heterocycles. The lowest BCUT2D eigenvalue weighted by Gasteiger charge is -2.52. The summed E-state index contributed by atoms with van der Waals surface area (Å²) < 4.78 is 37.7. The van der Waals surface area contributed by atoms with Crippen LogP contribution in [0, 0.1) is 23.2 Å². The van der Waals surface area contributed by atoms with Crippen LogP contribution in [0.1, 0.15) is 22.4 Å². The van der Waals surface area contributed by atoms with Gasteiger partial charge < -0.3 is 10.6 Å². The first kappa shape index (κ1) is 13.9. The van der Waals surface area contributed by atoms with Gasteiger partial charge >= 0.3 is 12.1 Å². The minimum atomic E-state index is -4.84. The Kier molecular flexibility index (Phi) is 2.50. The summed E-state index contributed by atoms with van der Waals surface area (Å²) in [4.78, 5) is 13.2. The lowest BCUT2D eigenvalue weighted by molar-refractivity contribution is -0.193. The first-order chi connectivity index (χ1) is 10.3. The van der Waals surface area contributed by atoms with Crippen molar-refractivity contribution in [1.82, 2.24) is 4.90 Å². The number of nitrogens with two attached hydrogens (primary N) is 1. The van der Waals surface area contributed by atoms with E-state index >= 15 is 0 Å². The van der Waals surface area contributed by atoms with E-state index in [0.717, 1.165) is 28.2 Å². The number of carbonyl (C=O) groups excluding carboxylic acids is 1. The van der Waals surface area contributed by atoms with Crippen LogP contribution in [0.25, 0.3) is 0 Å². The van der Waals surface area contributed by atoms with E-state index < -0.39 is 17.5 Å². The molecule has 0 bridgehead atoms. The quantitative estimate of drug-likeness (QED) is 0.793. The molecule has 8 heteroatoms. The smallest absolute Gasteiger partial charge is 0.389 e. The van der Waals surface area contributed by atoms with Gasteiger partial charge in [0.15, 0.2) is 0 Å². The van der Waals surface area contributed by atoms with Gasteiger partial charge in [-0.3, -0.25) is 4.79 Å². The summed E-state index contributed by atoms with van der Waals surface area (Å²) in [6.07, 6.45) is -3.03. The zero-order chi connectivity index (χ0) is 15.9. The third-order valence-electron chi connectivity index (χ3n) is 5.17. The van der Waals surface area contributed by atoms with Crippen molar-refractivity contribution in [2.75, 3.05) is 18.8 Å². The second kappa shape index (κ2) is 3.96. The molecule has 4 rings (SSSR count). The first-order valence-corrected chi connectivity index (χ1v) is 7.77. The molecule has 0 radical (unpaired) electrons. The van der Waals surface area contributed by atoms with Crippen LogP contribution < -0.4 is 5.73 Å². The lowest BCUT2D eigenvalue weighted by atomic mass is 9.65. The minimum Gasteiger partial charge on any atom is -0.389 e. The molecule has 2 aliphatic carbocycles. The molecule has 1 saturated heterocycles. The Morgan fingerprint density at radius 2 is 2.14 bits per heavy atom. The number of hydrogen-bond donors (Lipinski definition) is 1. The van der Waals surface area contributed by atoms with Crippen LogP contribution >= 0.6 is 11.3 Å². The van der Waals surface area contributed by atoms with E-state index in [-0.39, 0.29) is 19.0 Å². The molecule has 1 spiro atoms. The summed E-state index contributed by atoms with van der Waals surface area (Å²) in [6, 6.07) is 2.10. The monoisotopic (exact) mass is 327 g/mol. The number of nitrogens with zero attached hydrogens (tertiary/aromatic N) is 2. The molecule has 22 heavy (non-hydrogen) atoms. The van der Waals surface area contributed by atoms with Gasteiger partial charge in [0.25, 0.3) is 0 Å². The molecule has 1 aliphatic heterocycles. The van der Waals surface area contributed by atoms with E-state index in [4.69, 9.17) is 5.73 Å². The van der Waals surface area contributed by atoms with Gasteiger partial charge in [-0.15, -0.1) is 11.3 Å². The Bertz CT molecular complexity index is 727. The molecule has 4 nitrogen and oxygen atoms in total. The predicted molar refractivity (Wildman–Crippen MR) is 73.1 cm³/mol. The molecule has 2 fully saturated rings. The van der Waals surface area contributed by atoms with Crippen molar-refractivity contribution in [2.24, 2.45) is 11.8 Å². The van der Waals surface area contributed by atoms with Crippen LogP contribution in [0.4, 0.5) is 18.2 Å². The highest BCUT2D eigenvalue weighted by atomic mass is 32.1. The second-order valence-electron chi connectivity index (χ2n) is 6.37. The van der Waals surface area contributed by atoms with Crippen LogP contribution in [-0.4, -0.2) is 30.1 Å². The summed E-state index contributed by atoms with van der Waals surface area (Å²) in [6.45, 7) is 0.0920. The molecule has 1 amide bonds. The Labute approximate surface area is 128 Å². The lowest BCUT2D eigenvalue weighted by Crippen LogP contribution is -2.65. The maximum absolute atomic E-state index is 12.6. The van der Waals surface area contributed by atoms with E-state index in [2.05, 4.69) is 6.07 Å². The fourth-order valence-electron chi connectivity index (χ4n) is 4.20. The number of halogens is 3. The van der Waals surface area contributed by atoms with Crippen molar-refractivity contribution in [3.63, 3.8) is 0 Å². The van der Waals surface area contributed by atoms with Gasteiger partial charge in [0.1, 0.15) is 11.1 Å². The van der Waals surface area contributed by atoms with Gasteiger partial charge in [-0.25, -0.2) is 0 Å². The number of nitriles is 1. The van der Waals surface area contributed by atoms with Gasteiger partial charge in [0.05, 0.1) is 5.56 Å². The van der Waals surface area contributed by atoms with Crippen LogP contribution in [0.2, 0.25) is 0 Å². The Morgan fingerprint density at radius 3 is 2.73 bits per heavy atom. The SMILES string of the molecule is N#Cc1c(N)sc2c1C1(CN(C(=O)C(F)(F)F)C1)C1CC1C2. The first-order valence-electron chi connectivity index (χ1n) is 6.96. The highest BCUT2D eigenvalue weighted by molar-refractivity contribution is 7.16. The van der Waals surface area contributed by atoms with Crippen molar-refractivity contribution >= 4 is 22.2 Å². The third-order valence-corrected chi connectivity index (χ3v) is 6.21. The molecule has 1 aromatic rings. The molecule has 2 N–H and O–H groups in total. The molecule has 0 aromatic carbocycles. The van der Waals surface area contributed by atoms with Crippen molar-refractivity contribution in [3.8, 4) is 6.07 Å². The van der Waals surface area contributed by atoms with Gasteiger partial charge in [0.2, 0.25) is 0 Å². The van der Waals surface area contributed by atoms with Gasteiger partial charge in [0, 0.05) is 23.4 Å². The Hall–Kier alpha value is -1.75. The molecule has 116 valence electrons. The number of anilines is 1. The summed E-state index contributed by atoms with van der Waals surface area (Å²) in [5, 5.41) is 9.77. The average molecular weight is 327 g/mol. The van der Waals surface area contributed by atoms with E-state index in [1.807, 2.05) is 0 Å².